The van der Waals surface area contributed by atoms with Gasteiger partial charge in [-0.3, -0.25) is 44.4 Å². The van der Waals surface area contributed by atoms with E-state index < -0.39 is 45.4 Å². The molecule has 2 aromatic carbocycles. The number of pyridine rings is 6. The number of likely N-dealkylation sites (N-methyl/N-ethyl adjacent to an activating group) is 3. The summed E-state index contributed by atoms with van der Waals surface area (Å²) >= 11 is 14.8. The molecule has 16 rings (SSSR count). The molecule has 4 saturated heterocycles. The van der Waals surface area contributed by atoms with E-state index in [0.717, 1.165) is 157 Å². The number of piperazine rings is 3. The Labute approximate surface area is 899 Å². The fourth-order valence-electron chi connectivity index (χ4n) is 13.1. The molecule has 4 N–H and O–H groups in total. The zero-order chi connectivity index (χ0) is 95.1. The Morgan fingerprint density at radius 2 is 0.985 bits per heavy atom. The summed E-state index contributed by atoms with van der Waals surface area (Å²) in [5, 5.41) is 54.8. The van der Waals surface area contributed by atoms with E-state index in [1.807, 2.05) is 132 Å². The fraction of sp³-hybridized carbons (Fsp3) is 0.382. The third-order valence-corrected chi connectivity index (χ3v) is 23.0. The van der Waals surface area contributed by atoms with Crippen molar-refractivity contribution in [1.29, 1.82) is 0 Å². The topological polar surface area (TPSA) is 357 Å². The van der Waals surface area contributed by atoms with E-state index in [-0.39, 0.29) is 68.5 Å². The second kappa shape index (κ2) is 60.4. The van der Waals surface area contributed by atoms with Gasteiger partial charge in [0.1, 0.15) is 17.2 Å². The van der Waals surface area contributed by atoms with Crippen LogP contribution in [0.2, 0.25) is 0 Å². The number of hydrogen-bond donors (Lipinski definition) is 4. The number of hydrogen-bond acceptors (Lipinski definition) is 27. The Morgan fingerprint density at radius 3 is 1.40 bits per heavy atom. The number of carbonyl (C=O) groups is 1. The summed E-state index contributed by atoms with van der Waals surface area (Å²) in [6.45, 7) is 32.8. The van der Waals surface area contributed by atoms with E-state index in [4.69, 9.17) is 43.9 Å². The molecule has 688 valence electrons. The van der Waals surface area contributed by atoms with Crippen molar-refractivity contribution in [3.05, 3.63) is 237 Å². The predicted molar refractivity (Wildman–Crippen MR) is 523 cm³/mol. The summed E-state index contributed by atoms with van der Waals surface area (Å²) in [4.78, 5) is 60.4. The fourth-order valence-corrected chi connectivity index (χ4v) is 15.1. The van der Waals surface area contributed by atoms with Crippen molar-refractivity contribution >= 4 is 173 Å². The Morgan fingerprint density at radius 1 is 0.561 bits per heavy atom. The average Bonchev–Trinajstić information content (AvgIpc) is 1.62. The number of aliphatic hydroxyl groups excluding tert-OH is 1. The van der Waals surface area contributed by atoms with Crippen molar-refractivity contribution in [2.75, 3.05) is 126 Å². The van der Waals surface area contributed by atoms with Crippen LogP contribution in [0.1, 0.15) is 67.7 Å². The molecule has 1 unspecified atom stereocenters. The molecule has 0 radical (unpaired) electrons. The minimum absolute atomic E-state index is 0. The number of aromatic amines is 1. The zero-order valence-corrected chi connectivity index (χ0v) is 94.1. The van der Waals surface area contributed by atoms with Gasteiger partial charge in [-0.1, -0.05) is 24.3 Å². The molecule has 0 spiro atoms. The summed E-state index contributed by atoms with van der Waals surface area (Å²) in [5.41, 5.74) is 9.65. The van der Waals surface area contributed by atoms with E-state index in [9.17, 15) is 13.6 Å². The first kappa shape index (κ1) is 115. The van der Waals surface area contributed by atoms with Crippen LogP contribution in [0.4, 0.5) is 13.6 Å². The molecule has 4 fully saturated rings. The van der Waals surface area contributed by atoms with Gasteiger partial charge in [-0.15, -0.1) is 0 Å². The van der Waals surface area contributed by atoms with Crippen LogP contribution in [0.25, 0.3) is 67.0 Å². The summed E-state index contributed by atoms with van der Waals surface area (Å²) in [6, 6.07) is 27.8. The maximum absolute atomic E-state index is 14.2. The number of H-pyrrole nitrogens is 1. The standard InChI is InChI=1S/C27H29FN6.C16H22BrN5.C14H23BN2O4.C11H9BFNO2.C8H6BrN3.C8H18N2O.C5H3BrIN.3K.HO4P/c1-32-11-13-33(14-12-32)9-4-10-34-20-24(19-31-34)23-15-22(17-29-18-23)21-7-8-30-27(16-21)25-5-2-3-6-26(25)28;1-20-5-7-21(8-6-20)3-2-4-22-13-15(11-19-22)14-9-16(17)12-18-10-14;1-12(2,3)19-11(18)17-9-10(8-16-17)15-20-13(4,5)14(6,7)21-15;13-10-4-2-1-3-9(10)11-7-8(12(15)16)5-6-14-11;9-8-1-6(2-10-5-8)7-3-11-12-4-7;1-9-4-6-10(7-5-9)3-2-8-11;6-4-1-5(7)3-8-2-4;;;;1-4-5(2)3/h2-3,5-8,15-20H,4,9-14H2,1H3;9-13H,2-8H2,1H3;8-9H,1-7H3;1-7,15-16H;1-5H,(H,11,12);11H,2-8H2,1H3;1-3H;;;;1H/q;;;;;;;;;+1;/p-1. The first-order valence-corrected chi connectivity index (χ1v) is 63.4. The molecule has 10 aromatic heterocycles. The molecule has 43 heteroatoms. The van der Waals surface area contributed by atoms with Crippen LogP contribution in [0.5, 0.6) is 0 Å². The summed E-state index contributed by atoms with van der Waals surface area (Å²) in [7, 11) is 1.27. The SMILES string of the molecule is Brc1cncc(-c2cn[nH]c2)c1.Brc1cncc(I)c1.CC(C)(C)OC(=O)n1cc(B2OC(C)(C)C(C)(C)O2)cn1.CN1CCN(CCCO)CC1.CN1CCN(CCCn2cc(-c3cncc(-c4ccnc(-c5ccccc5F)c4)c3)cn2)CC1.CN1CCN(CCCn2cc(-c3cncc(Br)c3)cn2)CC1.O=[P+]([O-])O[O-].OB(O)c1ccnc(-c2ccccc2F)c1.[K+].[K][K]. The van der Waals surface area contributed by atoms with Gasteiger partial charge in [0.05, 0.1) is 41.2 Å². The van der Waals surface area contributed by atoms with Crippen LogP contribution >= 0.6 is 78.6 Å². The first-order chi connectivity index (χ1) is 62.7. The van der Waals surface area contributed by atoms with Crippen molar-refractivity contribution in [3.8, 4) is 67.0 Å². The van der Waals surface area contributed by atoms with Crippen molar-refractivity contribution in [2.45, 2.75) is 97.6 Å². The number of ether oxygens (including phenoxy) is 1. The minimum atomic E-state index is -3.15. The molecule has 1 atom stereocenters. The van der Waals surface area contributed by atoms with E-state index in [0.29, 0.717) is 34.6 Å². The number of nitrogens with zero attached hydrogens (tertiary/aromatic N) is 19. The molecule has 4 aliphatic rings. The quantitative estimate of drug-likeness (QED) is 0.0184. The van der Waals surface area contributed by atoms with Gasteiger partial charge >= 0.3 is 143 Å². The number of aryl methyl sites for hydroxylation is 2. The van der Waals surface area contributed by atoms with Crippen molar-refractivity contribution in [1.82, 2.24) is 98.8 Å². The Hall–Kier alpha value is -3.74. The Kier molecular flexibility index (Phi) is 52.7. The normalized spacial score (nSPS) is 15.0. The maximum atomic E-state index is 14.2. The summed E-state index contributed by atoms with van der Waals surface area (Å²) < 4.78 is 65.5. The van der Waals surface area contributed by atoms with Crippen LogP contribution < -0.4 is 72.5 Å². The Bertz CT molecular complexity index is 5380. The Balaban J connectivity index is 0.000000216. The number of rotatable bonds is 20. The molecular weight excluding hydrogens is 2100 g/mol. The molecule has 14 heterocycles. The number of aliphatic hydroxyl groups is 1. The third-order valence-electron chi connectivity index (χ3n) is 21.0. The van der Waals surface area contributed by atoms with Crippen molar-refractivity contribution in [2.24, 2.45) is 0 Å². The van der Waals surface area contributed by atoms with Gasteiger partial charge in [-0.2, -0.15) is 25.1 Å². The average molecular weight is 2210 g/mol. The van der Waals surface area contributed by atoms with Crippen LogP contribution in [0, 0.1) is 15.2 Å². The van der Waals surface area contributed by atoms with Crippen LogP contribution in [-0.4, -0.2) is 340 Å². The van der Waals surface area contributed by atoms with Gasteiger partial charge in [0.15, 0.2) is 0 Å². The second-order valence-corrected chi connectivity index (χ2v) is 37.2. The van der Waals surface area contributed by atoms with E-state index in [1.54, 1.807) is 79.9 Å². The number of aromatic nitrogens is 14. The monoisotopic (exact) mass is 2210 g/mol. The molecule has 0 saturated carbocycles. The predicted octanol–water partition coefficient (Wildman–Crippen LogP) is 8.17. The molecule has 0 amide bonds. The van der Waals surface area contributed by atoms with Crippen LogP contribution in [0.15, 0.2) is 222 Å². The summed E-state index contributed by atoms with van der Waals surface area (Å²) in [5.74, 6) is -0.668. The molecular formula is C89H110B2Br3F2IK3N20O11P. The van der Waals surface area contributed by atoms with E-state index >= 15 is 0 Å². The third kappa shape index (κ3) is 40.8. The number of nitrogens with one attached hydrogen (secondary N) is 1. The van der Waals surface area contributed by atoms with Gasteiger partial charge in [0, 0.05) is 270 Å². The van der Waals surface area contributed by atoms with Gasteiger partial charge in [-0.05, 0) is 261 Å². The number of carbonyl (C=O) groups excluding carboxylic acids is 1. The molecule has 12 aromatic rings. The first-order valence-electron chi connectivity index (χ1n) is 42.9. The van der Waals surface area contributed by atoms with Crippen LogP contribution in [-0.2, 0) is 36.4 Å². The zero-order valence-electron chi connectivity index (χ0n) is 77.0. The van der Waals surface area contributed by atoms with Gasteiger partial charge in [-0.25, -0.2) is 18.2 Å². The molecule has 31 nitrogen and oxygen atoms in total. The molecule has 4 aliphatic heterocycles. The van der Waals surface area contributed by atoms with Gasteiger partial charge in [0.2, 0.25) is 0 Å². The van der Waals surface area contributed by atoms with Gasteiger partial charge < -0.3 is 68.8 Å². The van der Waals surface area contributed by atoms with Crippen molar-refractivity contribution in [3.63, 3.8) is 0 Å². The van der Waals surface area contributed by atoms with Crippen molar-refractivity contribution < 1.29 is 114 Å². The number of halogens is 6. The van der Waals surface area contributed by atoms with E-state index in [1.165, 1.54) is 133 Å². The molecule has 132 heavy (non-hydrogen) atoms. The molecule has 0 aliphatic carbocycles. The number of benzene rings is 2. The van der Waals surface area contributed by atoms with E-state index in [2.05, 4.69) is 206 Å². The van der Waals surface area contributed by atoms with Gasteiger partial charge in [0.25, 0.3) is 0 Å². The summed E-state index contributed by atoms with van der Waals surface area (Å²) in [6.07, 6.45) is 35.0. The van der Waals surface area contributed by atoms with Crippen LogP contribution in [0.3, 0.4) is 0 Å². The molecule has 0 bridgehead atoms. The second-order valence-electron chi connectivity index (χ2n) is 32.6.